The molecule has 122 valence electrons. The smallest absolute Gasteiger partial charge is 0.391 e. The molecule has 2 aromatic carbocycles. The topological polar surface area (TPSA) is 44.8 Å². The molecule has 0 radical (unpaired) electrons. The van der Waals surface area contributed by atoms with Gasteiger partial charge in [0.15, 0.2) is 0 Å². The zero-order chi connectivity index (χ0) is 16.5. The zero-order valence-electron chi connectivity index (χ0n) is 13.3. The van der Waals surface area contributed by atoms with E-state index < -0.39 is 7.82 Å². The van der Waals surface area contributed by atoms with E-state index in [1.807, 2.05) is 32.1 Å². The molecule has 0 aliphatic carbocycles. The standard InChI is InChI=1S/C18H21O4P/c1-3-11-16(4-2)20-23(19,21-17-12-7-5-8-13-17)22-18-14-9-6-10-15-18/h5-15H,3-4H2,1-2H3/b16-11-. The largest absolute Gasteiger partial charge is 0.646 e. The first-order chi connectivity index (χ1) is 11.1. The third kappa shape index (κ3) is 5.50. The van der Waals surface area contributed by atoms with E-state index >= 15 is 0 Å². The van der Waals surface area contributed by atoms with Crippen LogP contribution in [0.15, 0.2) is 72.5 Å². The summed E-state index contributed by atoms with van der Waals surface area (Å²) < 4.78 is 29.8. The fourth-order valence-electron chi connectivity index (χ4n) is 1.89. The molecule has 4 nitrogen and oxygen atoms in total. The summed E-state index contributed by atoms with van der Waals surface area (Å²) in [7, 11) is -3.83. The van der Waals surface area contributed by atoms with Crippen molar-refractivity contribution in [1.29, 1.82) is 0 Å². The van der Waals surface area contributed by atoms with Gasteiger partial charge >= 0.3 is 7.82 Å². The highest BCUT2D eigenvalue weighted by molar-refractivity contribution is 7.49. The first-order valence-electron chi connectivity index (χ1n) is 7.63. The Kier molecular flexibility index (Phi) is 6.30. The van der Waals surface area contributed by atoms with E-state index in [2.05, 4.69) is 0 Å². The van der Waals surface area contributed by atoms with Crippen molar-refractivity contribution >= 4 is 7.82 Å². The van der Waals surface area contributed by atoms with Gasteiger partial charge in [-0.05, 0) is 36.8 Å². The fourth-order valence-corrected chi connectivity index (χ4v) is 3.26. The van der Waals surface area contributed by atoms with Crippen LogP contribution >= 0.6 is 7.82 Å². The zero-order valence-corrected chi connectivity index (χ0v) is 14.2. The van der Waals surface area contributed by atoms with E-state index in [0.717, 1.165) is 6.42 Å². The lowest BCUT2D eigenvalue weighted by Crippen LogP contribution is -2.05. The number of allylic oxidation sites excluding steroid dienone is 2. The average Bonchev–Trinajstić information content (AvgIpc) is 2.56. The SMILES string of the molecule is CC/C=C(/CC)OP(=O)(Oc1ccccc1)Oc1ccccc1. The molecule has 0 aliphatic heterocycles. The van der Waals surface area contributed by atoms with Gasteiger partial charge in [-0.3, -0.25) is 0 Å². The van der Waals surface area contributed by atoms with E-state index in [1.165, 1.54) is 0 Å². The fraction of sp³-hybridized carbons (Fsp3) is 0.222. The van der Waals surface area contributed by atoms with E-state index in [-0.39, 0.29) is 0 Å². The molecule has 2 aromatic rings. The van der Waals surface area contributed by atoms with Crippen LogP contribution in [0.2, 0.25) is 0 Å². The summed E-state index contributed by atoms with van der Waals surface area (Å²) in [5.74, 6) is 1.44. The summed E-state index contributed by atoms with van der Waals surface area (Å²) in [5.41, 5.74) is 0. The van der Waals surface area contributed by atoms with Crippen molar-refractivity contribution in [2.24, 2.45) is 0 Å². The second-order valence-electron chi connectivity index (χ2n) is 4.78. The van der Waals surface area contributed by atoms with Crippen molar-refractivity contribution in [3.05, 3.63) is 72.5 Å². The number of hydrogen-bond donors (Lipinski definition) is 0. The molecule has 0 N–H and O–H groups in total. The van der Waals surface area contributed by atoms with Gasteiger partial charge in [0.2, 0.25) is 0 Å². The Labute approximate surface area is 137 Å². The minimum absolute atomic E-state index is 0.429. The highest BCUT2D eigenvalue weighted by Gasteiger charge is 2.33. The van der Waals surface area contributed by atoms with Crippen LogP contribution in [0.3, 0.4) is 0 Å². The van der Waals surface area contributed by atoms with Crippen LogP contribution in [0.1, 0.15) is 26.7 Å². The molecule has 0 aliphatic rings. The molecule has 2 rings (SSSR count). The normalized spacial score (nSPS) is 11.8. The number of para-hydroxylation sites is 2. The Balaban J connectivity index is 2.26. The predicted octanol–water partition coefficient (Wildman–Crippen LogP) is 5.97. The van der Waals surface area contributed by atoms with E-state index in [0.29, 0.717) is 23.7 Å². The predicted molar refractivity (Wildman–Crippen MR) is 91.5 cm³/mol. The molecule has 5 heteroatoms. The number of phosphoric ester groups is 1. The van der Waals surface area contributed by atoms with Gasteiger partial charge in [-0.15, -0.1) is 0 Å². The number of phosphoric acid groups is 1. The molecule has 0 spiro atoms. The Morgan fingerprint density at radius 1 is 0.913 bits per heavy atom. The van der Waals surface area contributed by atoms with Gasteiger partial charge in [-0.2, -0.15) is 4.57 Å². The van der Waals surface area contributed by atoms with Crippen LogP contribution in [0.4, 0.5) is 0 Å². The Bertz CT molecular complexity index is 622. The number of benzene rings is 2. The van der Waals surface area contributed by atoms with Gasteiger partial charge in [-0.25, -0.2) is 0 Å². The maximum absolute atomic E-state index is 13.1. The summed E-state index contributed by atoms with van der Waals surface area (Å²) in [4.78, 5) is 0. The van der Waals surface area contributed by atoms with Crippen LogP contribution in [0.5, 0.6) is 11.5 Å². The summed E-state index contributed by atoms with van der Waals surface area (Å²) in [6, 6.07) is 17.7. The van der Waals surface area contributed by atoms with Crippen LogP contribution in [0.25, 0.3) is 0 Å². The lowest BCUT2D eigenvalue weighted by molar-refractivity contribution is 0.251. The molecular formula is C18H21O4P. The summed E-state index contributed by atoms with van der Waals surface area (Å²) in [6.45, 7) is 3.91. The highest BCUT2D eigenvalue weighted by Crippen LogP contribution is 2.51. The first-order valence-corrected chi connectivity index (χ1v) is 9.09. The Hall–Kier alpha value is -2.19. The molecule has 0 aromatic heterocycles. The summed E-state index contributed by atoms with van der Waals surface area (Å²) in [6.07, 6.45) is 3.25. The van der Waals surface area contributed by atoms with E-state index in [4.69, 9.17) is 13.6 Å². The van der Waals surface area contributed by atoms with Gasteiger partial charge in [0.05, 0.1) is 0 Å². The highest BCUT2D eigenvalue weighted by atomic mass is 31.2. The van der Waals surface area contributed by atoms with Crippen molar-refractivity contribution < 1.29 is 18.1 Å². The maximum Gasteiger partial charge on any atom is 0.646 e. The van der Waals surface area contributed by atoms with Crippen LogP contribution in [-0.4, -0.2) is 0 Å². The van der Waals surface area contributed by atoms with Crippen LogP contribution in [0, 0.1) is 0 Å². The lowest BCUT2D eigenvalue weighted by atomic mass is 10.3. The third-order valence-electron chi connectivity index (χ3n) is 2.93. The molecule has 0 heterocycles. The van der Waals surface area contributed by atoms with Crippen molar-refractivity contribution in [3.8, 4) is 11.5 Å². The first kappa shape index (κ1) is 17.2. The Morgan fingerprint density at radius 2 is 1.39 bits per heavy atom. The summed E-state index contributed by atoms with van der Waals surface area (Å²) in [5, 5.41) is 0. The van der Waals surface area contributed by atoms with Crippen molar-refractivity contribution in [2.75, 3.05) is 0 Å². The van der Waals surface area contributed by atoms with Crippen LogP contribution < -0.4 is 9.05 Å². The number of hydrogen-bond acceptors (Lipinski definition) is 4. The monoisotopic (exact) mass is 332 g/mol. The minimum atomic E-state index is -3.83. The van der Waals surface area contributed by atoms with Crippen molar-refractivity contribution in [3.63, 3.8) is 0 Å². The van der Waals surface area contributed by atoms with E-state index in [1.54, 1.807) is 48.5 Å². The van der Waals surface area contributed by atoms with Gasteiger partial charge in [-0.1, -0.05) is 50.2 Å². The molecule has 0 saturated carbocycles. The maximum atomic E-state index is 13.1. The molecule has 0 atom stereocenters. The second kappa shape index (κ2) is 8.44. The van der Waals surface area contributed by atoms with Crippen molar-refractivity contribution in [1.82, 2.24) is 0 Å². The van der Waals surface area contributed by atoms with Crippen LogP contribution in [-0.2, 0) is 9.09 Å². The average molecular weight is 332 g/mol. The molecule has 0 amide bonds. The van der Waals surface area contributed by atoms with Gasteiger partial charge in [0, 0.05) is 6.42 Å². The molecule has 0 bridgehead atoms. The van der Waals surface area contributed by atoms with Gasteiger partial charge < -0.3 is 13.6 Å². The Morgan fingerprint density at radius 3 is 1.78 bits per heavy atom. The van der Waals surface area contributed by atoms with Gasteiger partial charge in [0.1, 0.15) is 17.3 Å². The third-order valence-corrected chi connectivity index (χ3v) is 4.26. The number of rotatable bonds is 8. The molecule has 0 unspecified atom stereocenters. The van der Waals surface area contributed by atoms with Crippen molar-refractivity contribution in [2.45, 2.75) is 26.7 Å². The minimum Gasteiger partial charge on any atom is -0.391 e. The quantitative estimate of drug-likeness (QED) is 0.441. The van der Waals surface area contributed by atoms with Gasteiger partial charge in [0.25, 0.3) is 0 Å². The second-order valence-corrected chi connectivity index (χ2v) is 6.22. The summed E-state index contributed by atoms with van der Waals surface area (Å²) >= 11 is 0. The molecule has 0 saturated heterocycles. The van der Waals surface area contributed by atoms with E-state index in [9.17, 15) is 4.57 Å². The lowest BCUT2D eigenvalue weighted by Gasteiger charge is -2.20. The molecular weight excluding hydrogens is 311 g/mol. The molecule has 23 heavy (non-hydrogen) atoms. The molecule has 0 fully saturated rings.